The van der Waals surface area contributed by atoms with E-state index < -0.39 is 0 Å². The number of hydrogen-bond donors (Lipinski definition) is 3. The Bertz CT molecular complexity index is 485. The number of benzene rings is 1. The zero-order valence-electron chi connectivity index (χ0n) is 9.34. The van der Waals surface area contributed by atoms with Gasteiger partial charge in [0.2, 0.25) is 5.95 Å². The summed E-state index contributed by atoms with van der Waals surface area (Å²) in [6.45, 7) is 0. The molecule has 0 radical (unpaired) electrons. The van der Waals surface area contributed by atoms with Crippen LogP contribution in [0.2, 0.25) is 0 Å². The van der Waals surface area contributed by atoms with E-state index in [0.29, 0.717) is 11.8 Å². The maximum Gasteiger partial charge on any atom is 0.239 e. The monoisotopic (exact) mass is 247 g/mol. The number of aromatic nitrogens is 2. The molecule has 17 heavy (non-hydrogen) atoms. The molecule has 0 saturated carbocycles. The minimum absolute atomic E-state index is 0.385. The highest BCUT2D eigenvalue weighted by molar-refractivity contribution is 7.98. The Morgan fingerprint density at radius 1 is 1.18 bits per heavy atom. The first kappa shape index (κ1) is 11.7. The lowest BCUT2D eigenvalue weighted by molar-refractivity contribution is 1.12. The van der Waals surface area contributed by atoms with Crippen LogP contribution in [0.3, 0.4) is 0 Å². The molecule has 1 heterocycles. The van der Waals surface area contributed by atoms with Gasteiger partial charge >= 0.3 is 0 Å². The Balaban J connectivity index is 2.13. The number of hydrogen-bond acceptors (Lipinski definition) is 6. The van der Waals surface area contributed by atoms with E-state index >= 15 is 0 Å². The first-order valence-electron chi connectivity index (χ1n) is 5.02. The quantitative estimate of drug-likeness (QED) is 0.437. The Kier molecular flexibility index (Phi) is 3.79. The molecule has 0 bridgehead atoms. The van der Waals surface area contributed by atoms with Crippen molar-refractivity contribution in [3.63, 3.8) is 0 Å². The summed E-state index contributed by atoms with van der Waals surface area (Å²) in [6.07, 6.45) is 3.69. The number of nitrogens with zero attached hydrogens (tertiary/aromatic N) is 2. The second kappa shape index (κ2) is 5.51. The highest BCUT2D eigenvalue weighted by atomic mass is 32.2. The van der Waals surface area contributed by atoms with Gasteiger partial charge in [-0.2, -0.15) is 4.98 Å². The fraction of sp³-hybridized carbons (Fsp3) is 0.0909. The van der Waals surface area contributed by atoms with Crippen LogP contribution in [0.1, 0.15) is 0 Å². The van der Waals surface area contributed by atoms with Gasteiger partial charge in [-0.3, -0.25) is 5.43 Å². The van der Waals surface area contributed by atoms with Gasteiger partial charge in [-0.25, -0.2) is 10.8 Å². The summed E-state index contributed by atoms with van der Waals surface area (Å²) < 4.78 is 0. The van der Waals surface area contributed by atoms with Gasteiger partial charge in [-0.05, 0) is 36.6 Å². The average molecular weight is 247 g/mol. The van der Waals surface area contributed by atoms with Crippen molar-refractivity contribution < 1.29 is 0 Å². The van der Waals surface area contributed by atoms with E-state index in [2.05, 4.69) is 32.8 Å². The summed E-state index contributed by atoms with van der Waals surface area (Å²) in [5.74, 6) is 6.33. The molecule has 0 fully saturated rings. The lowest BCUT2D eigenvalue weighted by Crippen LogP contribution is -2.10. The van der Waals surface area contributed by atoms with Crippen LogP contribution in [0.25, 0.3) is 0 Å². The zero-order valence-corrected chi connectivity index (χ0v) is 10.2. The third-order valence-corrected chi connectivity index (χ3v) is 2.89. The number of nitrogen functional groups attached to an aromatic ring is 1. The van der Waals surface area contributed by atoms with E-state index in [-0.39, 0.29) is 0 Å². The van der Waals surface area contributed by atoms with Gasteiger partial charge in [-0.15, -0.1) is 11.8 Å². The summed E-state index contributed by atoms with van der Waals surface area (Å²) in [4.78, 5) is 9.33. The van der Waals surface area contributed by atoms with Gasteiger partial charge in [0.1, 0.15) is 5.82 Å². The smallest absolute Gasteiger partial charge is 0.239 e. The Hall–Kier alpha value is -1.79. The van der Waals surface area contributed by atoms with Crippen LogP contribution in [0.4, 0.5) is 17.5 Å². The minimum Gasteiger partial charge on any atom is -0.340 e. The summed E-state index contributed by atoms with van der Waals surface area (Å²) in [7, 11) is 0. The minimum atomic E-state index is 0.385. The highest BCUT2D eigenvalue weighted by Crippen LogP contribution is 2.20. The van der Waals surface area contributed by atoms with Gasteiger partial charge < -0.3 is 5.32 Å². The third kappa shape index (κ3) is 3.08. The van der Waals surface area contributed by atoms with Crippen molar-refractivity contribution in [1.29, 1.82) is 0 Å². The first-order valence-corrected chi connectivity index (χ1v) is 6.25. The molecule has 0 aliphatic rings. The van der Waals surface area contributed by atoms with E-state index in [1.165, 1.54) is 4.90 Å². The SMILES string of the molecule is CSc1ccc(Nc2ccnc(NN)n2)cc1. The molecule has 0 unspecified atom stereocenters. The molecule has 0 amide bonds. The van der Waals surface area contributed by atoms with Crippen molar-refractivity contribution in [3.05, 3.63) is 36.5 Å². The number of anilines is 3. The van der Waals surface area contributed by atoms with Crippen molar-refractivity contribution in [3.8, 4) is 0 Å². The van der Waals surface area contributed by atoms with Crippen LogP contribution in [-0.2, 0) is 0 Å². The maximum atomic E-state index is 5.24. The van der Waals surface area contributed by atoms with Crippen LogP contribution < -0.4 is 16.6 Å². The molecule has 0 aliphatic heterocycles. The molecule has 6 heteroatoms. The number of nitrogens with one attached hydrogen (secondary N) is 2. The van der Waals surface area contributed by atoms with Gasteiger partial charge in [-0.1, -0.05) is 0 Å². The lowest BCUT2D eigenvalue weighted by atomic mass is 10.3. The zero-order chi connectivity index (χ0) is 12.1. The van der Waals surface area contributed by atoms with Crippen LogP contribution in [0, 0.1) is 0 Å². The predicted octanol–water partition coefficient (Wildman–Crippen LogP) is 2.23. The molecule has 1 aromatic heterocycles. The predicted molar refractivity (Wildman–Crippen MR) is 71.3 cm³/mol. The number of hydrazine groups is 1. The molecule has 0 saturated heterocycles. The van der Waals surface area contributed by atoms with Gasteiger partial charge in [0.05, 0.1) is 0 Å². The first-order chi connectivity index (χ1) is 8.31. The van der Waals surface area contributed by atoms with Crippen molar-refractivity contribution in [2.45, 2.75) is 4.90 Å². The standard InChI is InChI=1S/C11H13N5S/c1-17-9-4-2-8(3-5-9)14-10-6-7-13-11(15-10)16-12/h2-7H,12H2,1H3,(H2,13,14,15,16). The van der Waals surface area contributed by atoms with Crippen LogP contribution in [-0.4, -0.2) is 16.2 Å². The molecule has 2 aromatic rings. The van der Waals surface area contributed by atoms with Crippen molar-refractivity contribution >= 4 is 29.2 Å². The molecule has 2 rings (SSSR count). The average Bonchev–Trinajstić information content (AvgIpc) is 2.40. The molecule has 88 valence electrons. The molecular formula is C11H13N5S. The largest absolute Gasteiger partial charge is 0.340 e. The molecule has 5 nitrogen and oxygen atoms in total. The molecule has 0 spiro atoms. The summed E-state index contributed by atoms with van der Waals surface area (Å²) in [5.41, 5.74) is 3.38. The third-order valence-electron chi connectivity index (χ3n) is 2.15. The van der Waals surface area contributed by atoms with E-state index in [1.54, 1.807) is 24.0 Å². The summed E-state index contributed by atoms with van der Waals surface area (Å²) in [6, 6.07) is 9.89. The Morgan fingerprint density at radius 2 is 1.94 bits per heavy atom. The van der Waals surface area contributed by atoms with Crippen LogP contribution in [0.5, 0.6) is 0 Å². The van der Waals surface area contributed by atoms with E-state index in [1.807, 2.05) is 18.4 Å². The Morgan fingerprint density at radius 3 is 2.59 bits per heavy atom. The van der Waals surface area contributed by atoms with E-state index in [9.17, 15) is 0 Å². The van der Waals surface area contributed by atoms with Crippen LogP contribution in [0.15, 0.2) is 41.4 Å². The molecule has 1 aromatic carbocycles. The van der Waals surface area contributed by atoms with Crippen molar-refractivity contribution in [2.75, 3.05) is 17.0 Å². The van der Waals surface area contributed by atoms with Crippen molar-refractivity contribution in [1.82, 2.24) is 9.97 Å². The highest BCUT2D eigenvalue weighted by Gasteiger charge is 1.98. The van der Waals surface area contributed by atoms with Gasteiger partial charge in [0.25, 0.3) is 0 Å². The fourth-order valence-electron chi connectivity index (χ4n) is 1.32. The van der Waals surface area contributed by atoms with Crippen LogP contribution >= 0.6 is 11.8 Å². The second-order valence-electron chi connectivity index (χ2n) is 3.26. The maximum absolute atomic E-state index is 5.24. The van der Waals surface area contributed by atoms with Gasteiger partial charge in [0.15, 0.2) is 0 Å². The number of thioether (sulfide) groups is 1. The molecule has 4 N–H and O–H groups in total. The number of rotatable bonds is 4. The summed E-state index contributed by atoms with van der Waals surface area (Å²) in [5, 5.41) is 3.17. The molecule has 0 aliphatic carbocycles. The van der Waals surface area contributed by atoms with Gasteiger partial charge in [0, 0.05) is 16.8 Å². The summed E-state index contributed by atoms with van der Waals surface area (Å²) >= 11 is 1.71. The molecular weight excluding hydrogens is 234 g/mol. The Labute approximate surface area is 104 Å². The second-order valence-corrected chi connectivity index (χ2v) is 4.14. The van der Waals surface area contributed by atoms with E-state index in [0.717, 1.165) is 5.69 Å². The van der Waals surface area contributed by atoms with Crippen molar-refractivity contribution in [2.24, 2.45) is 5.84 Å². The fourth-order valence-corrected chi connectivity index (χ4v) is 1.73. The lowest BCUT2D eigenvalue weighted by Gasteiger charge is -2.06. The molecule has 0 atom stereocenters. The normalized spacial score (nSPS) is 10.0. The topological polar surface area (TPSA) is 75.9 Å². The number of nitrogens with two attached hydrogens (primary N) is 1. The van der Waals surface area contributed by atoms with E-state index in [4.69, 9.17) is 5.84 Å².